The molecule has 0 aromatic heterocycles. The van der Waals surface area contributed by atoms with Crippen molar-refractivity contribution in [2.75, 3.05) is 21.2 Å². The summed E-state index contributed by atoms with van der Waals surface area (Å²) in [6.07, 6.45) is 5.23. The molecule has 1 saturated carbocycles. The van der Waals surface area contributed by atoms with E-state index >= 15 is 0 Å². The molecule has 2 unspecified atom stereocenters. The number of methoxy groups -OCH3 is 1. The van der Waals surface area contributed by atoms with Gasteiger partial charge in [-0.15, -0.1) is 0 Å². The Bertz CT molecular complexity index is 394. The second-order valence-corrected chi connectivity index (χ2v) is 5.57. The van der Waals surface area contributed by atoms with Gasteiger partial charge in [0.15, 0.2) is 0 Å². The predicted octanol–water partition coefficient (Wildman–Crippen LogP) is 2.66. The summed E-state index contributed by atoms with van der Waals surface area (Å²) < 4.78 is 5.29. The van der Waals surface area contributed by atoms with Crippen LogP contribution in [-0.2, 0) is 6.54 Å². The maximum Gasteiger partial charge on any atom is 0.119 e. The molecule has 0 bridgehead atoms. The molecule has 0 saturated heterocycles. The Kier molecular flexibility index (Phi) is 5.23. The molecule has 0 amide bonds. The van der Waals surface area contributed by atoms with E-state index in [0.29, 0.717) is 12.1 Å². The highest BCUT2D eigenvalue weighted by Crippen LogP contribution is 2.24. The van der Waals surface area contributed by atoms with Crippen molar-refractivity contribution in [2.24, 2.45) is 0 Å². The number of nitrogens with zero attached hydrogens (tertiary/aromatic N) is 1. The second kappa shape index (κ2) is 6.92. The van der Waals surface area contributed by atoms with Crippen molar-refractivity contribution in [3.8, 4) is 5.75 Å². The molecule has 0 spiro atoms. The first-order valence-electron chi connectivity index (χ1n) is 7.23. The summed E-state index contributed by atoms with van der Waals surface area (Å²) in [5, 5.41) is 3.42. The molecule has 2 atom stereocenters. The van der Waals surface area contributed by atoms with Crippen LogP contribution in [0.15, 0.2) is 24.3 Å². The van der Waals surface area contributed by atoms with Gasteiger partial charge in [0.2, 0.25) is 0 Å². The summed E-state index contributed by atoms with van der Waals surface area (Å²) in [5.41, 5.74) is 1.33. The fourth-order valence-corrected chi connectivity index (χ4v) is 3.01. The van der Waals surface area contributed by atoms with Crippen LogP contribution in [0, 0.1) is 0 Å². The molecule has 1 aromatic rings. The lowest BCUT2D eigenvalue weighted by Crippen LogP contribution is -2.41. The zero-order valence-electron chi connectivity index (χ0n) is 12.4. The highest BCUT2D eigenvalue weighted by molar-refractivity contribution is 5.28. The maximum absolute atomic E-state index is 5.29. The molecular formula is C16H26N2O. The van der Waals surface area contributed by atoms with Gasteiger partial charge in [-0.2, -0.15) is 0 Å². The monoisotopic (exact) mass is 262 g/mol. The van der Waals surface area contributed by atoms with Crippen LogP contribution in [0.2, 0.25) is 0 Å². The summed E-state index contributed by atoms with van der Waals surface area (Å²) in [4.78, 5) is 2.48. The van der Waals surface area contributed by atoms with E-state index in [0.717, 1.165) is 12.3 Å². The zero-order valence-corrected chi connectivity index (χ0v) is 12.4. The fraction of sp³-hybridized carbons (Fsp3) is 0.625. The summed E-state index contributed by atoms with van der Waals surface area (Å²) >= 11 is 0. The molecule has 1 fully saturated rings. The van der Waals surface area contributed by atoms with Gasteiger partial charge in [-0.05, 0) is 51.1 Å². The van der Waals surface area contributed by atoms with E-state index in [1.807, 2.05) is 6.07 Å². The lowest BCUT2D eigenvalue weighted by molar-refractivity contribution is 0.165. The molecule has 3 nitrogen and oxygen atoms in total. The van der Waals surface area contributed by atoms with Crippen LogP contribution in [0.25, 0.3) is 0 Å². The summed E-state index contributed by atoms with van der Waals surface area (Å²) in [6.45, 7) is 0.998. The third-order valence-corrected chi connectivity index (χ3v) is 4.24. The van der Waals surface area contributed by atoms with E-state index < -0.39 is 0 Å². The van der Waals surface area contributed by atoms with Gasteiger partial charge in [-0.1, -0.05) is 18.6 Å². The second-order valence-electron chi connectivity index (χ2n) is 5.57. The van der Waals surface area contributed by atoms with Crippen LogP contribution in [0.1, 0.15) is 31.2 Å². The topological polar surface area (TPSA) is 24.5 Å². The zero-order chi connectivity index (χ0) is 13.7. The molecule has 2 rings (SSSR count). The highest BCUT2D eigenvalue weighted by atomic mass is 16.5. The smallest absolute Gasteiger partial charge is 0.119 e. The molecular weight excluding hydrogens is 236 g/mol. The minimum atomic E-state index is 0.687. The average molecular weight is 262 g/mol. The molecule has 1 aromatic carbocycles. The number of rotatable bonds is 5. The van der Waals surface area contributed by atoms with E-state index in [9.17, 15) is 0 Å². The van der Waals surface area contributed by atoms with Gasteiger partial charge < -0.3 is 10.1 Å². The molecule has 106 valence electrons. The molecule has 0 heterocycles. The summed E-state index contributed by atoms with van der Waals surface area (Å²) in [6, 6.07) is 9.76. The SMILES string of the molecule is CNC1CCCC(N(C)Cc2cccc(OC)c2)C1. The summed E-state index contributed by atoms with van der Waals surface area (Å²) in [7, 11) is 6.04. The number of ether oxygens (including phenoxy) is 1. The average Bonchev–Trinajstić information content (AvgIpc) is 2.47. The molecule has 0 aliphatic heterocycles. The van der Waals surface area contributed by atoms with Crippen molar-refractivity contribution < 1.29 is 4.74 Å². The normalized spacial score (nSPS) is 23.6. The van der Waals surface area contributed by atoms with Gasteiger partial charge >= 0.3 is 0 Å². The van der Waals surface area contributed by atoms with Crippen molar-refractivity contribution in [1.29, 1.82) is 0 Å². The van der Waals surface area contributed by atoms with E-state index in [4.69, 9.17) is 4.74 Å². The summed E-state index contributed by atoms with van der Waals surface area (Å²) in [5.74, 6) is 0.947. The van der Waals surface area contributed by atoms with Gasteiger partial charge in [-0.3, -0.25) is 4.90 Å². The van der Waals surface area contributed by atoms with E-state index in [1.165, 1.54) is 31.2 Å². The van der Waals surface area contributed by atoms with Crippen molar-refractivity contribution in [2.45, 2.75) is 44.3 Å². The van der Waals surface area contributed by atoms with Crippen molar-refractivity contribution in [1.82, 2.24) is 10.2 Å². The first-order valence-corrected chi connectivity index (χ1v) is 7.23. The molecule has 19 heavy (non-hydrogen) atoms. The number of benzene rings is 1. The van der Waals surface area contributed by atoms with Crippen LogP contribution in [0.5, 0.6) is 5.75 Å². The molecule has 3 heteroatoms. The third kappa shape index (κ3) is 3.95. The van der Waals surface area contributed by atoms with E-state index in [1.54, 1.807) is 7.11 Å². The number of nitrogens with one attached hydrogen (secondary N) is 1. The fourth-order valence-electron chi connectivity index (χ4n) is 3.01. The predicted molar refractivity (Wildman–Crippen MR) is 79.6 cm³/mol. The Morgan fingerprint density at radius 1 is 1.37 bits per heavy atom. The lowest BCUT2D eigenvalue weighted by atomic mass is 9.90. The third-order valence-electron chi connectivity index (χ3n) is 4.24. The van der Waals surface area contributed by atoms with Gasteiger partial charge in [0.05, 0.1) is 7.11 Å². The first-order chi connectivity index (χ1) is 9.22. The Labute approximate surface area is 116 Å². The van der Waals surface area contributed by atoms with Crippen LogP contribution in [0.3, 0.4) is 0 Å². The molecule has 1 aliphatic rings. The quantitative estimate of drug-likeness (QED) is 0.883. The lowest BCUT2D eigenvalue weighted by Gasteiger charge is -2.35. The standard InChI is InChI=1S/C16H26N2O/c1-17-14-7-5-8-15(11-14)18(2)12-13-6-4-9-16(10-13)19-3/h4,6,9-10,14-15,17H,5,7-8,11-12H2,1-3H3. The number of hydrogen-bond acceptors (Lipinski definition) is 3. The minimum absolute atomic E-state index is 0.687. The van der Waals surface area contributed by atoms with Crippen molar-refractivity contribution in [3.63, 3.8) is 0 Å². The van der Waals surface area contributed by atoms with E-state index in [2.05, 4.69) is 42.5 Å². The van der Waals surface area contributed by atoms with Crippen LogP contribution in [0.4, 0.5) is 0 Å². The van der Waals surface area contributed by atoms with E-state index in [-0.39, 0.29) is 0 Å². The van der Waals surface area contributed by atoms with Gasteiger partial charge in [0.1, 0.15) is 5.75 Å². The largest absolute Gasteiger partial charge is 0.497 e. The Morgan fingerprint density at radius 2 is 2.21 bits per heavy atom. The van der Waals surface area contributed by atoms with Crippen LogP contribution < -0.4 is 10.1 Å². The van der Waals surface area contributed by atoms with Crippen molar-refractivity contribution in [3.05, 3.63) is 29.8 Å². The first kappa shape index (κ1) is 14.4. The van der Waals surface area contributed by atoms with Crippen LogP contribution in [-0.4, -0.2) is 38.2 Å². The Hall–Kier alpha value is -1.06. The maximum atomic E-state index is 5.29. The Balaban J connectivity index is 1.94. The number of hydrogen-bond donors (Lipinski definition) is 1. The highest BCUT2D eigenvalue weighted by Gasteiger charge is 2.23. The van der Waals surface area contributed by atoms with Gasteiger partial charge in [-0.25, -0.2) is 0 Å². The van der Waals surface area contributed by atoms with Gasteiger partial charge in [0, 0.05) is 18.6 Å². The van der Waals surface area contributed by atoms with Crippen molar-refractivity contribution >= 4 is 0 Å². The molecule has 0 radical (unpaired) electrons. The Morgan fingerprint density at radius 3 is 2.95 bits per heavy atom. The minimum Gasteiger partial charge on any atom is -0.497 e. The molecule has 1 aliphatic carbocycles. The van der Waals surface area contributed by atoms with Crippen LogP contribution >= 0.6 is 0 Å². The van der Waals surface area contributed by atoms with Gasteiger partial charge in [0.25, 0.3) is 0 Å². The molecule has 1 N–H and O–H groups in total.